The van der Waals surface area contributed by atoms with Crippen molar-refractivity contribution in [2.75, 3.05) is 19.6 Å². The van der Waals surface area contributed by atoms with Crippen LogP contribution in [0, 0.1) is 0 Å². The van der Waals surface area contributed by atoms with Gasteiger partial charge in [-0.25, -0.2) is 4.99 Å². The van der Waals surface area contributed by atoms with Gasteiger partial charge in [0.15, 0.2) is 0 Å². The monoisotopic (exact) mass is 219 g/mol. The minimum absolute atomic E-state index is 0. The highest BCUT2D eigenvalue weighted by molar-refractivity contribution is 5.85. The summed E-state index contributed by atoms with van der Waals surface area (Å²) in [5.74, 6) is 0. The maximum atomic E-state index is 4.09. The van der Waals surface area contributed by atoms with Gasteiger partial charge in [0, 0.05) is 19.6 Å². The summed E-state index contributed by atoms with van der Waals surface area (Å²) in [6.07, 6.45) is 3.64. The first-order valence-corrected chi connectivity index (χ1v) is 5.22. The van der Waals surface area contributed by atoms with Gasteiger partial charge in [0.05, 0.1) is 0 Å². The average Bonchev–Trinajstić information content (AvgIpc) is 2.17. The molecule has 0 fully saturated rings. The van der Waals surface area contributed by atoms with E-state index in [2.05, 4.69) is 36.9 Å². The largest absolute Gasteiger partial charge is 0.288 e. The van der Waals surface area contributed by atoms with Gasteiger partial charge in [-0.3, -0.25) is 5.01 Å². The van der Waals surface area contributed by atoms with Crippen LogP contribution in [0.15, 0.2) is 10.1 Å². The van der Waals surface area contributed by atoms with Crippen molar-refractivity contribution in [1.82, 2.24) is 5.01 Å². The summed E-state index contributed by atoms with van der Waals surface area (Å²) in [5.41, 5.74) is 0. The molecule has 84 valence electrons. The molecule has 0 aromatic rings. The van der Waals surface area contributed by atoms with Crippen molar-refractivity contribution >= 4 is 18.4 Å². The summed E-state index contributed by atoms with van der Waals surface area (Å²) in [6, 6.07) is 2.72. The van der Waals surface area contributed by atoms with Crippen molar-refractivity contribution in [2.24, 2.45) is 10.1 Å². The van der Waals surface area contributed by atoms with Crippen molar-refractivity contribution < 1.29 is 0 Å². The first-order valence-electron chi connectivity index (χ1n) is 5.22. The molecule has 0 aliphatic rings. The molecule has 0 aliphatic carbocycles. The van der Waals surface area contributed by atoms with Gasteiger partial charge in [-0.05, 0) is 20.3 Å². The van der Waals surface area contributed by atoms with E-state index in [1.807, 2.05) is 5.01 Å². The van der Waals surface area contributed by atoms with Crippen LogP contribution in [-0.2, 0) is 0 Å². The van der Waals surface area contributed by atoms with Gasteiger partial charge in [-0.2, -0.15) is 0 Å². The first-order chi connectivity index (χ1) is 6.35. The zero-order valence-electron chi connectivity index (χ0n) is 9.49. The zero-order valence-corrected chi connectivity index (χ0v) is 10.3. The Hall–Kier alpha value is -0.530. The topological polar surface area (TPSA) is 28.0 Å². The molecule has 3 nitrogen and oxygen atoms in total. The number of rotatable bonds is 7. The van der Waals surface area contributed by atoms with E-state index in [9.17, 15) is 0 Å². The molecule has 0 bridgehead atoms. The van der Waals surface area contributed by atoms with Gasteiger partial charge in [-0.1, -0.05) is 19.8 Å². The number of hydrogen-bond donors (Lipinski definition) is 0. The van der Waals surface area contributed by atoms with Crippen LogP contribution in [-0.4, -0.2) is 30.7 Å². The predicted octanol–water partition coefficient (Wildman–Crippen LogP) is 3.03. The summed E-state index contributed by atoms with van der Waals surface area (Å²) >= 11 is 0. The van der Waals surface area contributed by atoms with Gasteiger partial charge in [0.2, 0.25) is 0 Å². The number of hydrogen-bond acceptors (Lipinski definition) is 3. The molecule has 0 spiro atoms. The first kappa shape index (κ1) is 15.9. The second-order valence-corrected chi connectivity index (χ2v) is 2.93. The minimum atomic E-state index is 0. The van der Waals surface area contributed by atoms with E-state index in [0.717, 1.165) is 26.1 Å². The second-order valence-electron chi connectivity index (χ2n) is 2.93. The van der Waals surface area contributed by atoms with Crippen LogP contribution in [0.4, 0.5) is 0 Å². The SMILES string of the molecule is CCCCCN=C=NN(CC)CC.Cl. The summed E-state index contributed by atoms with van der Waals surface area (Å²) in [7, 11) is 0. The molecule has 0 heterocycles. The fourth-order valence-electron chi connectivity index (χ4n) is 0.951. The van der Waals surface area contributed by atoms with Crippen molar-refractivity contribution in [3.8, 4) is 0 Å². The Morgan fingerprint density at radius 3 is 2.21 bits per heavy atom. The van der Waals surface area contributed by atoms with E-state index in [1.54, 1.807) is 0 Å². The third-order valence-corrected chi connectivity index (χ3v) is 1.86. The zero-order chi connectivity index (χ0) is 9.94. The molecule has 0 aliphatic heterocycles. The fraction of sp³-hybridized carbons (Fsp3) is 0.900. The Balaban J connectivity index is 0. The lowest BCUT2D eigenvalue weighted by atomic mass is 10.3. The molecular weight excluding hydrogens is 198 g/mol. The number of aliphatic imine (C=N–C) groups is 1. The third kappa shape index (κ3) is 9.56. The maximum Gasteiger partial charge on any atom is 0.114 e. The van der Waals surface area contributed by atoms with E-state index in [4.69, 9.17) is 0 Å². The van der Waals surface area contributed by atoms with Crippen molar-refractivity contribution in [3.05, 3.63) is 0 Å². The van der Waals surface area contributed by atoms with Crippen molar-refractivity contribution in [1.29, 1.82) is 0 Å². The Bertz CT molecular complexity index is 161. The van der Waals surface area contributed by atoms with Gasteiger partial charge >= 0.3 is 0 Å². The van der Waals surface area contributed by atoms with Crippen LogP contribution in [0.25, 0.3) is 0 Å². The summed E-state index contributed by atoms with van der Waals surface area (Å²) in [5, 5.41) is 6.01. The van der Waals surface area contributed by atoms with E-state index >= 15 is 0 Å². The van der Waals surface area contributed by atoms with Crippen LogP contribution in [0.3, 0.4) is 0 Å². The fourth-order valence-corrected chi connectivity index (χ4v) is 0.951. The van der Waals surface area contributed by atoms with Gasteiger partial charge in [0.1, 0.15) is 6.01 Å². The summed E-state index contributed by atoms with van der Waals surface area (Å²) in [4.78, 5) is 4.09. The molecule has 0 radical (unpaired) electrons. The lowest BCUT2D eigenvalue weighted by Crippen LogP contribution is -2.14. The molecule has 0 saturated heterocycles. The third-order valence-electron chi connectivity index (χ3n) is 1.86. The normalized spacial score (nSPS) is 8.50. The standard InChI is InChI=1S/C10H21N3.ClH/c1-4-7-8-9-11-10-12-13(5-2)6-3;/h4-9H2,1-3H3;1H. The molecule has 4 heteroatoms. The van der Waals surface area contributed by atoms with E-state index in [1.165, 1.54) is 12.8 Å². The quantitative estimate of drug-likeness (QED) is 0.368. The lowest BCUT2D eigenvalue weighted by molar-refractivity contribution is 0.323. The van der Waals surface area contributed by atoms with E-state index in [0.29, 0.717) is 0 Å². The molecule has 0 rings (SSSR count). The van der Waals surface area contributed by atoms with Gasteiger partial charge in [0.25, 0.3) is 0 Å². The molecule has 0 aromatic carbocycles. The van der Waals surface area contributed by atoms with Gasteiger partial charge in [-0.15, -0.1) is 17.5 Å². The molecule has 0 saturated carbocycles. The van der Waals surface area contributed by atoms with Crippen LogP contribution < -0.4 is 0 Å². The smallest absolute Gasteiger partial charge is 0.114 e. The molecule has 14 heavy (non-hydrogen) atoms. The number of hydrazone groups is 1. The highest BCUT2D eigenvalue weighted by Crippen LogP contribution is 1.92. The average molecular weight is 220 g/mol. The molecule has 0 aromatic heterocycles. The van der Waals surface area contributed by atoms with Crippen LogP contribution >= 0.6 is 12.4 Å². The minimum Gasteiger partial charge on any atom is -0.288 e. The van der Waals surface area contributed by atoms with Gasteiger partial charge < -0.3 is 0 Å². The Morgan fingerprint density at radius 1 is 1.07 bits per heavy atom. The molecule has 0 N–H and O–H groups in total. The molecule has 0 unspecified atom stereocenters. The molecule has 0 atom stereocenters. The Morgan fingerprint density at radius 2 is 1.71 bits per heavy atom. The van der Waals surface area contributed by atoms with E-state index < -0.39 is 0 Å². The molecule has 0 amide bonds. The van der Waals surface area contributed by atoms with Crippen molar-refractivity contribution in [3.63, 3.8) is 0 Å². The van der Waals surface area contributed by atoms with Crippen LogP contribution in [0.5, 0.6) is 0 Å². The predicted molar refractivity (Wildman–Crippen MR) is 64.4 cm³/mol. The van der Waals surface area contributed by atoms with Crippen LogP contribution in [0.2, 0.25) is 0 Å². The number of nitrogens with zero attached hydrogens (tertiary/aromatic N) is 3. The Labute approximate surface area is 93.7 Å². The highest BCUT2D eigenvalue weighted by atomic mass is 35.5. The highest BCUT2D eigenvalue weighted by Gasteiger charge is 1.88. The summed E-state index contributed by atoms with van der Waals surface area (Å²) in [6.45, 7) is 9.05. The summed E-state index contributed by atoms with van der Waals surface area (Å²) < 4.78 is 0. The van der Waals surface area contributed by atoms with Crippen LogP contribution in [0.1, 0.15) is 40.0 Å². The Kier molecular flexibility index (Phi) is 14.2. The lowest BCUT2D eigenvalue weighted by Gasteiger charge is -2.09. The maximum absolute atomic E-state index is 4.09. The second kappa shape index (κ2) is 12.5. The number of halogens is 1. The number of unbranched alkanes of at least 4 members (excludes halogenated alkanes) is 2. The van der Waals surface area contributed by atoms with E-state index in [-0.39, 0.29) is 12.4 Å². The van der Waals surface area contributed by atoms with Crippen molar-refractivity contribution in [2.45, 2.75) is 40.0 Å². The molecular formula is C10H22ClN3.